The second-order valence-electron chi connectivity index (χ2n) is 5.76. The van der Waals surface area contributed by atoms with E-state index < -0.39 is 12.0 Å². The molecule has 0 aromatic heterocycles. The second kappa shape index (κ2) is 5.16. The third-order valence-corrected chi connectivity index (χ3v) is 4.66. The first-order valence-corrected chi connectivity index (χ1v) is 6.99. The molecule has 17 heavy (non-hydrogen) atoms. The molecule has 0 aliphatic carbocycles. The summed E-state index contributed by atoms with van der Waals surface area (Å²) in [6, 6.07) is -0.749. The van der Waals surface area contributed by atoms with Crippen LogP contribution in [-0.4, -0.2) is 39.3 Å². The van der Waals surface area contributed by atoms with Crippen LogP contribution in [0.1, 0.15) is 40.5 Å². The molecule has 100 valence electrons. The minimum absolute atomic E-state index is 0.0872. The molecule has 1 rings (SSSR count). The van der Waals surface area contributed by atoms with Gasteiger partial charge in [0.25, 0.3) is 0 Å². The average molecular weight is 261 g/mol. The Hall–Kier alpha value is -0.260. The van der Waals surface area contributed by atoms with E-state index in [2.05, 4.69) is 27.7 Å². The predicted molar refractivity (Wildman–Crippen MR) is 70.3 cm³/mol. The summed E-state index contributed by atoms with van der Waals surface area (Å²) in [7, 11) is 0. The molecule has 1 saturated heterocycles. The fourth-order valence-electron chi connectivity index (χ4n) is 2.23. The maximum atomic E-state index is 10.6. The first kappa shape index (κ1) is 14.8. The van der Waals surface area contributed by atoms with Gasteiger partial charge in [0.05, 0.1) is 11.2 Å². The Kier molecular flexibility index (Phi) is 4.49. The monoisotopic (exact) mass is 261 g/mol. The van der Waals surface area contributed by atoms with Crippen molar-refractivity contribution in [2.24, 2.45) is 5.73 Å². The maximum absolute atomic E-state index is 10.6. The summed E-state index contributed by atoms with van der Waals surface area (Å²) in [5.74, 6) is -0.158. The Labute approximate surface area is 107 Å². The first-order valence-electron chi connectivity index (χ1n) is 5.94. The van der Waals surface area contributed by atoms with Crippen LogP contribution < -0.4 is 5.73 Å². The van der Waals surface area contributed by atoms with Crippen molar-refractivity contribution in [3.8, 4) is 0 Å². The molecule has 1 fully saturated rings. The number of nitrogens with two attached hydrogens (primary N) is 1. The van der Waals surface area contributed by atoms with Gasteiger partial charge in [0.1, 0.15) is 6.04 Å². The van der Waals surface area contributed by atoms with E-state index in [1.165, 1.54) is 0 Å². The third-order valence-electron chi connectivity index (χ3n) is 3.06. The molecule has 0 radical (unpaired) electrons. The number of rotatable bonds is 5. The number of carboxylic acid groups (broad SMARTS) is 1. The molecular weight excluding hydrogens is 238 g/mol. The van der Waals surface area contributed by atoms with Crippen molar-refractivity contribution in [3.05, 3.63) is 0 Å². The highest BCUT2D eigenvalue weighted by molar-refractivity contribution is 8.00. The summed E-state index contributed by atoms with van der Waals surface area (Å²) in [5, 5.41) is 9.10. The summed E-state index contributed by atoms with van der Waals surface area (Å²) in [6.07, 6.45) is 1.50. The number of thioether (sulfide) groups is 1. The van der Waals surface area contributed by atoms with Crippen molar-refractivity contribution >= 4 is 17.7 Å². The van der Waals surface area contributed by atoms with Crippen LogP contribution in [0.5, 0.6) is 0 Å². The molecule has 2 atom stereocenters. The molecule has 2 unspecified atom stereocenters. The third kappa shape index (κ3) is 4.16. The van der Waals surface area contributed by atoms with Crippen molar-refractivity contribution < 1.29 is 14.6 Å². The molecule has 4 nitrogen and oxygen atoms in total. The Morgan fingerprint density at radius 3 is 2.53 bits per heavy atom. The van der Waals surface area contributed by atoms with Gasteiger partial charge in [-0.15, -0.1) is 0 Å². The number of carboxylic acids is 1. The molecule has 3 N–H and O–H groups in total. The quantitative estimate of drug-likeness (QED) is 0.790. The molecule has 0 saturated carbocycles. The Balaban J connectivity index is 2.40. The number of hydrogen-bond donors (Lipinski definition) is 2. The number of ether oxygens (including phenoxy) is 1. The van der Waals surface area contributed by atoms with Crippen LogP contribution in [0.4, 0.5) is 0 Å². The largest absolute Gasteiger partial charge is 0.480 e. The van der Waals surface area contributed by atoms with E-state index in [0.29, 0.717) is 11.7 Å². The molecular formula is C12H23NO3S. The van der Waals surface area contributed by atoms with Gasteiger partial charge in [0.2, 0.25) is 0 Å². The zero-order chi connectivity index (χ0) is 13.3. The van der Waals surface area contributed by atoms with Crippen molar-refractivity contribution in [2.45, 2.75) is 63.0 Å². The minimum atomic E-state index is -0.923. The molecule has 0 bridgehead atoms. The fourth-order valence-corrected chi connectivity index (χ4v) is 3.88. The normalized spacial score (nSPS) is 27.9. The van der Waals surface area contributed by atoms with Crippen molar-refractivity contribution in [1.29, 1.82) is 0 Å². The van der Waals surface area contributed by atoms with E-state index in [0.717, 1.165) is 12.2 Å². The Morgan fingerprint density at radius 2 is 2.12 bits per heavy atom. The van der Waals surface area contributed by atoms with Crippen LogP contribution in [0.15, 0.2) is 0 Å². The van der Waals surface area contributed by atoms with Crippen LogP contribution in [0.3, 0.4) is 0 Å². The molecule has 5 heteroatoms. The van der Waals surface area contributed by atoms with E-state index in [1.54, 1.807) is 11.8 Å². The highest BCUT2D eigenvalue weighted by Gasteiger charge is 2.45. The molecule has 0 aromatic carbocycles. The number of hydrogen-bond acceptors (Lipinski definition) is 4. The molecule has 0 spiro atoms. The molecule has 0 aromatic rings. The standard InChI is InChI=1S/C12H23NO3S/c1-11(2)7-9(12(3,4)16-11)17-6-5-8(13)10(14)15/h8-9H,5-7,13H2,1-4H3,(H,14,15). The lowest BCUT2D eigenvalue weighted by Gasteiger charge is -2.27. The van der Waals surface area contributed by atoms with Gasteiger partial charge in [0.15, 0.2) is 0 Å². The summed E-state index contributed by atoms with van der Waals surface area (Å²) < 4.78 is 5.99. The molecule has 1 heterocycles. The number of aliphatic carboxylic acids is 1. The summed E-state index contributed by atoms with van der Waals surface area (Å²) in [4.78, 5) is 10.6. The zero-order valence-corrected chi connectivity index (χ0v) is 11.8. The van der Waals surface area contributed by atoms with E-state index in [1.807, 2.05) is 0 Å². The van der Waals surface area contributed by atoms with Gasteiger partial charge >= 0.3 is 5.97 Å². The van der Waals surface area contributed by atoms with Crippen molar-refractivity contribution in [1.82, 2.24) is 0 Å². The number of carbonyl (C=O) groups is 1. The van der Waals surface area contributed by atoms with Gasteiger partial charge < -0.3 is 15.6 Å². The lowest BCUT2D eigenvalue weighted by atomic mass is 10.0. The maximum Gasteiger partial charge on any atom is 0.320 e. The van der Waals surface area contributed by atoms with Gasteiger partial charge in [-0.05, 0) is 46.3 Å². The smallest absolute Gasteiger partial charge is 0.320 e. The lowest BCUT2D eigenvalue weighted by molar-refractivity contribution is -0.138. The van der Waals surface area contributed by atoms with Gasteiger partial charge in [0, 0.05) is 5.25 Å². The summed E-state index contributed by atoms with van der Waals surface area (Å²) in [5.41, 5.74) is 5.24. The van der Waals surface area contributed by atoms with Gasteiger partial charge in [-0.25, -0.2) is 0 Å². The summed E-state index contributed by atoms with van der Waals surface area (Å²) >= 11 is 1.77. The van der Waals surface area contributed by atoms with Crippen LogP contribution in [0.25, 0.3) is 0 Å². The van der Waals surface area contributed by atoms with Crippen LogP contribution >= 0.6 is 11.8 Å². The fraction of sp³-hybridized carbons (Fsp3) is 0.917. The van der Waals surface area contributed by atoms with Crippen LogP contribution in [0.2, 0.25) is 0 Å². The minimum Gasteiger partial charge on any atom is -0.480 e. The summed E-state index contributed by atoms with van der Waals surface area (Å²) in [6.45, 7) is 8.38. The van der Waals surface area contributed by atoms with E-state index >= 15 is 0 Å². The highest BCUT2D eigenvalue weighted by atomic mass is 32.2. The Bertz CT molecular complexity index is 291. The van der Waals surface area contributed by atoms with Gasteiger partial charge in [-0.1, -0.05) is 0 Å². The highest BCUT2D eigenvalue weighted by Crippen LogP contribution is 2.43. The van der Waals surface area contributed by atoms with Crippen LogP contribution in [0, 0.1) is 0 Å². The van der Waals surface area contributed by atoms with E-state index in [4.69, 9.17) is 15.6 Å². The zero-order valence-electron chi connectivity index (χ0n) is 11.0. The average Bonchev–Trinajstić information content (AvgIpc) is 2.33. The van der Waals surface area contributed by atoms with E-state index in [9.17, 15) is 4.79 Å². The van der Waals surface area contributed by atoms with Gasteiger partial charge in [-0.3, -0.25) is 4.79 Å². The molecule has 0 amide bonds. The second-order valence-corrected chi connectivity index (χ2v) is 7.07. The van der Waals surface area contributed by atoms with Crippen LogP contribution in [-0.2, 0) is 9.53 Å². The molecule has 1 aliphatic heterocycles. The van der Waals surface area contributed by atoms with Gasteiger partial charge in [-0.2, -0.15) is 11.8 Å². The first-order chi connectivity index (χ1) is 7.64. The SMILES string of the molecule is CC1(C)CC(SCCC(N)C(=O)O)C(C)(C)O1. The predicted octanol–water partition coefficient (Wildman–Crippen LogP) is 1.87. The van der Waals surface area contributed by atoms with E-state index in [-0.39, 0.29) is 11.2 Å². The van der Waals surface area contributed by atoms with Crippen molar-refractivity contribution in [2.75, 3.05) is 5.75 Å². The lowest BCUT2D eigenvalue weighted by Crippen LogP contribution is -2.33. The molecule has 1 aliphatic rings. The van der Waals surface area contributed by atoms with Crippen molar-refractivity contribution in [3.63, 3.8) is 0 Å². The Morgan fingerprint density at radius 1 is 1.53 bits per heavy atom. The topological polar surface area (TPSA) is 72.6 Å².